The van der Waals surface area contributed by atoms with Gasteiger partial charge in [0.1, 0.15) is 6.04 Å². The van der Waals surface area contributed by atoms with Crippen LogP contribution in [-0.2, 0) is 24.6 Å². The summed E-state index contributed by atoms with van der Waals surface area (Å²) in [6.45, 7) is 1.30. The average molecular weight is 393 g/mol. The third kappa shape index (κ3) is 3.23. The highest BCUT2D eigenvalue weighted by Crippen LogP contribution is 2.29. The summed E-state index contributed by atoms with van der Waals surface area (Å²) in [4.78, 5) is 19.8. The van der Waals surface area contributed by atoms with Gasteiger partial charge in [0.05, 0.1) is 13.2 Å². The molecular formula is C21H23N5O3. The zero-order valence-electron chi connectivity index (χ0n) is 16.4. The fourth-order valence-electron chi connectivity index (χ4n) is 4.21. The van der Waals surface area contributed by atoms with E-state index in [9.17, 15) is 4.79 Å². The van der Waals surface area contributed by atoms with Crippen molar-refractivity contribution in [1.82, 2.24) is 24.8 Å². The first kappa shape index (κ1) is 18.1. The molecule has 3 heterocycles. The third-order valence-electron chi connectivity index (χ3n) is 5.72. The molecule has 1 fully saturated rings. The first-order valence-electron chi connectivity index (χ1n) is 10.0. The summed E-state index contributed by atoms with van der Waals surface area (Å²) in [5.41, 5.74) is 3.67. The molecule has 8 heteroatoms. The van der Waals surface area contributed by atoms with E-state index in [-0.39, 0.29) is 5.91 Å². The Morgan fingerprint density at radius 1 is 1.17 bits per heavy atom. The molecule has 2 aliphatic rings. The summed E-state index contributed by atoms with van der Waals surface area (Å²) in [5.74, 6) is 0.818. The summed E-state index contributed by atoms with van der Waals surface area (Å²) in [6, 6.07) is 9.21. The number of morpholine rings is 1. The van der Waals surface area contributed by atoms with Crippen LogP contribution in [0.15, 0.2) is 34.9 Å². The van der Waals surface area contributed by atoms with E-state index in [0.29, 0.717) is 37.2 Å². The van der Waals surface area contributed by atoms with E-state index in [1.165, 1.54) is 5.69 Å². The molecule has 2 aromatic heterocycles. The van der Waals surface area contributed by atoms with Gasteiger partial charge in [0.15, 0.2) is 11.5 Å². The van der Waals surface area contributed by atoms with E-state index in [1.807, 2.05) is 42.1 Å². The van der Waals surface area contributed by atoms with Crippen molar-refractivity contribution in [3.8, 4) is 11.5 Å². The predicted octanol–water partition coefficient (Wildman–Crippen LogP) is 2.56. The van der Waals surface area contributed by atoms with Gasteiger partial charge in [-0.3, -0.25) is 9.48 Å². The number of nitrogens with zero attached hydrogens (tertiary/aromatic N) is 5. The summed E-state index contributed by atoms with van der Waals surface area (Å²) in [7, 11) is 1.92. The van der Waals surface area contributed by atoms with Crippen molar-refractivity contribution in [1.29, 1.82) is 0 Å². The molecule has 0 N–H and O–H groups in total. The summed E-state index contributed by atoms with van der Waals surface area (Å²) >= 11 is 0. The average Bonchev–Trinajstić information content (AvgIpc) is 3.40. The van der Waals surface area contributed by atoms with Crippen LogP contribution in [0.3, 0.4) is 0 Å². The SMILES string of the molecule is Cn1nc(C(=O)N2CCOC[C@@H]2c2noc(-c3ccccc3)n2)c2c1CCCC2. The van der Waals surface area contributed by atoms with E-state index >= 15 is 0 Å². The molecule has 0 spiro atoms. The largest absolute Gasteiger partial charge is 0.377 e. The second-order valence-electron chi connectivity index (χ2n) is 7.52. The first-order chi connectivity index (χ1) is 14.2. The lowest BCUT2D eigenvalue weighted by molar-refractivity contribution is -0.00616. The quantitative estimate of drug-likeness (QED) is 0.680. The smallest absolute Gasteiger partial charge is 0.275 e. The number of fused-ring (bicyclic) bond motifs is 1. The zero-order chi connectivity index (χ0) is 19.8. The molecule has 8 nitrogen and oxygen atoms in total. The normalized spacial score (nSPS) is 19.2. The molecule has 29 heavy (non-hydrogen) atoms. The van der Waals surface area contributed by atoms with Gasteiger partial charge in [0.2, 0.25) is 0 Å². The van der Waals surface area contributed by atoms with Gasteiger partial charge in [-0.15, -0.1) is 0 Å². The van der Waals surface area contributed by atoms with Crippen LogP contribution in [-0.4, -0.2) is 50.5 Å². The van der Waals surface area contributed by atoms with Crippen molar-refractivity contribution < 1.29 is 14.1 Å². The number of hydrogen-bond acceptors (Lipinski definition) is 6. The van der Waals surface area contributed by atoms with E-state index in [2.05, 4.69) is 15.2 Å². The Hall–Kier alpha value is -3.00. The highest BCUT2D eigenvalue weighted by Gasteiger charge is 2.36. The zero-order valence-corrected chi connectivity index (χ0v) is 16.4. The minimum absolute atomic E-state index is 0.0805. The van der Waals surface area contributed by atoms with Crippen molar-refractivity contribution >= 4 is 5.91 Å². The van der Waals surface area contributed by atoms with Gasteiger partial charge in [-0.1, -0.05) is 23.4 Å². The minimum atomic E-state index is -0.390. The molecule has 3 aromatic rings. The number of rotatable bonds is 3. The monoisotopic (exact) mass is 393 g/mol. The van der Waals surface area contributed by atoms with E-state index < -0.39 is 6.04 Å². The maximum Gasteiger partial charge on any atom is 0.275 e. The number of aryl methyl sites for hydroxylation is 1. The molecule has 0 unspecified atom stereocenters. The van der Waals surface area contributed by atoms with Crippen LogP contribution < -0.4 is 0 Å². The molecule has 1 amide bonds. The fraction of sp³-hybridized carbons (Fsp3) is 0.429. The lowest BCUT2D eigenvalue weighted by Gasteiger charge is -2.33. The van der Waals surface area contributed by atoms with E-state index in [0.717, 1.165) is 36.8 Å². The second-order valence-corrected chi connectivity index (χ2v) is 7.52. The predicted molar refractivity (Wildman–Crippen MR) is 104 cm³/mol. The molecular weight excluding hydrogens is 370 g/mol. The summed E-state index contributed by atoms with van der Waals surface area (Å²) in [6.07, 6.45) is 4.12. The fourth-order valence-corrected chi connectivity index (χ4v) is 4.21. The Balaban J connectivity index is 1.45. The second kappa shape index (κ2) is 7.44. The number of hydrogen-bond donors (Lipinski definition) is 0. The lowest BCUT2D eigenvalue weighted by Crippen LogP contribution is -2.44. The molecule has 0 radical (unpaired) electrons. The number of aromatic nitrogens is 4. The number of carbonyl (C=O) groups excluding carboxylic acids is 1. The molecule has 5 rings (SSSR count). The molecule has 1 aliphatic heterocycles. The van der Waals surface area contributed by atoms with Crippen LogP contribution in [0.25, 0.3) is 11.5 Å². The Bertz CT molecular complexity index is 1030. The van der Waals surface area contributed by atoms with Gasteiger partial charge >= 0.3 is 0 Å². The van der Waals surface area contributed by atoms with Gasteiger partial charge in [0, 0.05) is 30.4 Å². The van der Waals surface area contributed by atoms with Crippen molar-refractivity contribution in [2.75, 3.05) is 19.8 Å². The summed E-state index contributed by atoms with van der Waals surface area (Å²) < 4.78 is 13.0. The molecule has 1 aromatic carbocycles. The standard InChI is InChI=1S/C21H23N5O3/c1-25-16-10-6-5-9-15(16)18(23-25)21(27)26-11-12-28-13-17(26)19-22-20(29-24-19)14-7-3-2-4-8-14/h2-4,7-8,17H,5-6,9-13H2,1H3/t17-/m1/s1. The number of carbonyl (C=O) groups is 1. The van der Waals surface area contributed by atoms with Crippen LogP contribution >= 0.6 is 0 Å². The van der Waals surface area contributed by atoms with Crippen molar-refractivity contribution in [2.24, 2.45) is 7.05 Å². The highest BCUT2D eigenvalue weighted by molar-refractivity contribution is 5.94. The van der Waals surface area contributed by atoms with Gasteiger partial charge < -0.3 is 14.2 Å². The highest BCUT2D eigenvalue weighted by atomic mass is 16.5. The Morgan fingerprint density at radius 2 is 2.00 bits per heavy atom. The van der Waals surface area contributed by atoms with Crippen molar-refractivity contribution in [3.63, 3.8) is 0 Å². The third-order valence-corrected chi connectivity index (χ3v) is 5.72. The molecule has 1 atom stereocenters. The Labute approximate surface area is 168 Å². The molecule has 1 saturated heterocycles. The Morgan fingerprint density at radius 3 is 2.86 bits per heavy atom. The number of ether oxygens (including phenoxy) is 1. The first-order valence-corrected chi connectivity index (χ1v) is 10.0. The minimum Gasteiger partial charge on any atom is -0.377 e. The van der Waals surface area contributed by atoms with E-state index in [4.69, 9.17) is 9.26 Å². The summed E-state index contributed by atoms with van der Waals surface area (Å²) in [5, 5.41) is 8.72. The van der Waals surface area contributed by atoms with Gasteiger partial charge in [0.25, 0.3) is 11.8 Å². The van der Waals surface area contributed by atoms with Gasteiger partial charge in [-0.25, -0.2) is 0 Å². The van der Waals surface area contributed by atoms with Gasteiger partial charge in [-0.2, -0.15) is 10.1 Å². The lowest BCUT2D eigenvalue weighted by atomic mass is 9.95. The van der Waals surface area contributed by atoms with Crippen LogP contribution in [0, 0.1) is 0 Å². The van der Waals surface area contributed by atoms with Crippen LogP contribution in [0.5, 0.6) is 0 Å². The maximum atomic E-state index is 13.5. The maximum absolute atomic E-state index is 13.5. The molecule has 150 valence electrons. The Kier molecular flexibility index (Phi) is 4.63. The molecule has 0 saturated carbocycles. The topological polar surface area (TPSA) is 86.3 Å². The van der Waals surface area contributed by atoms with Crippen LogP contribution in [0.2, 0.25) is 0 Å². The number of amides is 1. The number of benzene rings is 1. The van der Waals surface area contributed by atoms with Crippen LogP contribution in [0.4, 0.5) is 0 Å². The molecule has 1 aliphatic carbocycles. The van der Waals surface area contributed by atoms with Crippen molar-refractivity contribution in [2.45, 2.75) is 31.7 Å². The molecule has 0 bridgehead atoms. The van der Waals surface area contributed by atoms with E-state index in [1.54, 1.807) is 4.90 Å². The van der Waals surface area contributed by atoms with Gasteiger partial charge in [-0.05, 0) is 37.8 Å². The van der Waals surface area contributed by atoms with Crippen LogP contribution in [0.1, 0.15) is 46.5 Å². The van der Waals surface area contributed by atoms with Crippen molar-refractivity contribution in [3.05, 3.63) is 53.1 Å².